The van der Waals surface area contributed by atoms with E-state index in [1.165, 1.54) is 16.8 Å². The van der Waals surface area contributed by atoms with Crippen molar-refractivity contribution in [1.82, 2.24) is 20.2 Å². The lowest BCUT2D eigenvalue weighted by Gasteiger charge is -2.30. The number of ether oxygens (including phenoxy) is 1. The van der Waals surface area contributed by atoms with Gasteiger partial charge in [-0.2, -0.15) is 5.10 Å². The third-order valence-corrected chi connectivity index (χ3v) is 5.96. The lowest BCUT2D eigenvalue weighted by atomic mass is 10.1. The smallest absolute Gasteiger partial charge is 0.131 e. The monoisotopic (exact) mass is 398 g/mol. The maximum absolute atomic E-state index is 5.56. The van der Waals surface area contributed by atoms with E-state index >= 15 is 0 Å². The minimum atomic E-state index is 0.727. The first kappa shape index (κ1) is 17.4. The summed E-state index contributed by atoms with van der Waals surface area (Å²) in [4.78, 5) is 14.5. The number of rotatable bonds is 3. The van der Waals surface area contributed by atoms with Crippen LogP contribution in [0.15, 0.2) is 54.9 Å². The fraction of sp³-hybridized carbons (Fsp3) is 0.261. The molecule has 0 aliphatic carbocycles. The van der Waals surface area contributed by atoms with Crippen LogP contribution in [-0.4, -0.2) is 46.5 Å². The van der Waals surface area contributed by atoms with Gasteiger partial charge in [0.15, 0.2) is 0 Å². The number of hydrogen-bond donors (Lipinski definition) is 1. The second kappa shape index (κ2) is 7.11. The first-order chi connectivity index (χ1) is 14.9. The maximum Gasteiger partial charge on any atom is 0.131 e. The van der Waals surface area contributed by atoms with Gasteiger partial charge in [-0.3, -0.25) is 10.1 Å². The van der Waals surface area contributed by atoms with Gasteiger partial charge < -0.3 is 14.5 Å². The predicted molar refractivity (Wildman–Crippen MR) is 116 cm³/mol. The van der Waals surface area contributed by atoms with Crippen LogP contribution in [0.25, 0.3) is 22.3 Å². The average Bonchev–Trinajstić information content (AvgIpc) is 3.48. The van der Waals surface area contributed by atoms with Crippen LogP contribution >= 0.6 is 0 Å². The van der Waals surface area contributed by atoms with Gasteiger partial charge in [0.05, 0.1) is 24.6 Å². The van der Waals surface area contributed by atoms with E-state index in [9.17, 15) is 0 Å². The molecule has 0 radical (unpaired) electrons. The Balaban J connectivity index is 1.53. The Bertz CT molecular complexity index is 1170. The topological polar surface area (TPSA) is 70.2 Å². The van der Waals surface area contributed by atoms with Crippen molar-refractivity contribution in [3.05, 3.63) is 66.0 Å². The van der Waals surface area contributed by atoms with E-state index in [0.29, 0.717) is 0 Å². The summed E-state index contributed by atoms with van der Waals surface area (Å²) in [5.74, 6) is 0.977. The van der Waals surface area contributed by atoms with Crippen molar-refractivity contribution in [2.45, 2.75) is 13.1 Å². The van der Waals surface area contributed by atoms with Crippen molar-refractivity contribution in [2.24, 2.45) is 0 Å². The van der Waals surface area contributed by atoms with E-state index in [1.807, 2.05) is 12.3 Å². The first-order valence-electron chi connectivity index (χ1n) is 10.3. The summed E-state index contributed by atoms with van der Waals surface area (Å²) >= 11 is 0. The standard InChI is InChI=1S/C23H22N6O/c1-2-4-17-15-29(14-16(17)3-1)20-13-21(28-9-11-30-12-10-28)26-22-18(20)5-7-24-23(22)19-6-8-25-27-19/h1-8,13H,9-12,14-15H2,(H,25,27). The summed E-state index contributed by atoms with van der Waals surface area (Å²) in [7, 11) is 0. The SMILES string of the molecule is c1ccc2c(c1)CN(c1cc(N3CCOCC3)nc3c(-c4ccn[nH]4)nccc13)C2. The van der Waals surface area contributed by atoms with Gasteiger partial charge >= 0.3 is 0 Å². The number of nitrogens with one attached hydrogen (secondary N) is 1. The zero-order chi connectivity index (χ0) is 19.9. The fourth-order valence-corrected chi connectivity index (χ4v) is 4.43. The van der Waals surface area contributed by atoms with E-state index in [4.69, 9.17) is 9.72 Å². The van der Waals surface area contributed by atoms with Crippen molar-refractivity contribution in [1.29, 1.82) is 0 Å². The molecule has 6 rings (SSSR count). The van der Waals surface area contributed by atoms with Crippen molar-refractivity contribution >= 4 is 22.4 Å². The highest BCUT2D eigenvalue weighted by Crippen LogP contribution is 2.37. The molecule has 7 nitrogen and oxygen atoms in total. The quantitative estimate of drug-likeness (QED) is 0.571. The molecule has 3 aromatic heterocycles. The van der Waals surface area contributed by atoms with Crippen LogP contribution in [0.2, 0.25) is 0 Å². The minimum absolute atomic E-state index is 0.727. The number of hydrogen-bond acceptors (Lipinski definition) is 6. The van der Waals surface area contributed by atoms with Crippen LogP contribution in [0.1, 0.15) is 11.1 Å². The van der Waals surface area contributed by atoms with Gasteiger partial charge in [0.1, 0.15) is 17.0 Å². The molecule has 0 bridgehead atoms. The van der Waals surface area contributed by atoms with E-state index < -0.39 is 0 Å². The molecule has 5 heterocycles. The Morgan fingerprint density at radius 3 is 2.43 bits per heavy atom. The Labute approximate surface area is 174 Å². The number of pyridine rings is 2. The summed E-state index contributed by atoms with van der Waals surface area (Å²) in [6.45, 7) is 4.95. The molecule has 0 amide bonds. The second-order valence-electron chi connectivity index (χ2n) is 7.75. The largest absolute Gasteiger partial charge is 0.378 e. The Kier molecular flexibility index (Phi) is 4.12. The summed E-state index contributed by atoms with van der Waals surface area (Å²) in [6.07, 6.45) is 3.61. The first-order valence-corrected chi connectivity index (χ1v) is 10.3. The van der Waals surface area contributed by atoms with E-state index in [-0.39, 0.29) is 0 Å². The number of benzene rings is 1. The molecule has 1 saturated heterocycles. The van der Waals surface area contributed by atoms with E-state index in [0.717, 1.165) is 67.5 Å². The summed E-state index contributed by atoms with van der Waals surface area (Å²) in [5, 5.41) is 8.27. The highest BCUT2D eigenvalue weighted by Gasteiger charge is 2.24. The molecule has 0 saturated carbocycles. The minimum Gasteiger partial charge on any atom is -0.378 e. The number of nitrogens with zero attached hydrogens (tertiary/aromatic N) is 5. The van der Waals surface area contributed by atoms with Crippen molar-refractivity contribution in [3.8, 4) is 11.4 Å². The van der Waals surface area contributed by atoms with Crippen molar-refractivity contribution in [3.63, 3.8) is 0 Å². The third-order valence-electron chi connectivity index (χ3n) is 5.96. The average molecular weight is 398 g/mol. The normalized spacial score (nSPS) is 16.3. The molecule has 2 aliphatic heterocycles. The van der Waals surface area contributed by atoms with Gasteiger partial charge in [0, 0.05) is 50.0 Å². The fourth-order valence-electron chi connectivity index (χ4n) is 4.43. The molecule has 7 heteroatoms. The molecule has 150 valence electrons. The number of aromatic nitrogens is 4. The van der Waals surface area contributed by atoms with E-state index in [2.05, 4.69) is 61.4 Å². The number of fused-ring (bicyclic) bond motifs is 2. The summed E-state index contributed by atoms with van der Waals surface area (Å²) in [5.41, 5.74) is 6.58. The molecular formula is C23H22N6O. The zero-order valence-corrected chi connectivity index (χ0v) is 16.6. The van der Waals surface area contributed by atoms with Crippen molar-refractivity contribution < 1.29 is 4.74 Å². The number of morpholine rings is 1. The van der Waals surface area contributed by atoms with Crippen LogP contribution in [0.5, 0.6) is 0 Å². The molecule has 2 aliphatic rings. The predicted octanol–water partition coefficient (Wildman–Crippen LogP) is 3.38. The van der Waals surface area contributed by atoms with Crippen LogP contribution in [0, 0.1) is 0 Å². The van der Waals surface area contributed by atoms with Crippen LogP contribution in [0.3, 0.4) is 0 Å². The molecule has 4 aromatic rings. The van der Waals surface area contributed by atoms with Crippen LogP contribution in [0.4, 0.5) is 11.5 Å². The van der Waals surface area contributed by atoms with Crippen molar-refractivity contribution in [2.75, 3.05) is 36.1 Å². The maximum atomic E-state index is 5.56. The Hall–Kier alpha value is -3.45. The zero-order valence-electron chi connectivity index (χ0n) is 16.6. The highest BCUT2D eigenvalue weighted by molar-refractivity contribution is 6.00. The van der Waals surface area contributed by atoms with Gasteiger partial charge in [0.25, 0.3) is 0 Å². The van der Waals surface area contributed by atoms with Crippen LogP contribution in [-0.2, 0) is 17.8 Å². The summed E-state index contributed by atoms with van der Waals surface area (Å²) < 4.78 is 5.56. The second-order valence-corrected chi connectivity index (χ2v) is 7.75. The lowest BCUT2D eigenvalue weighted by molar-refractivity contribution is 0.122. The number of H-pyrrole nitrogens is 1. The molecule has 1 N–H and O–H groups in total. The third kappa shape index (κ3) is 2.90. The molecular weight excluding hydrogens is 376 g/mol. The van der Waals surface area contributed by atoms with Gasteiger partial charge in [-0.25, -0.2) is 4.98 Å². The van der Waals surface area contributed by atoms with Crippen LogP contribution < -0.4 is 9.80 Å². The number of anilines is 2. The molecule has 0 atom stereocenters. The molecule has 1 aromatic carbocycles. The number of aromatic amines is 1. The Morgan fingerprint density at radius 1 is 0.900 bits per heavy atom. The van der Waals surface area contributed by atoms with Gasteiger partial charge in [-0.15, -0.1) is 0 Å². The Morgan fingerprint density at radius 2 is 1.70 bits per heavy atom. The van der Waals surface area contributed by atoms with Gasteiger partial charge in [-0.05, 0) is 23.3 Å². The molecule has 0 spiro atoms. The van der Waals surface area contributed by atoms with Gasteiger partial charge in [-0.1, -0.05) is 24.3 Å². The summed E-state index contributed by atoms with van der Waals surface area (Å²) in [6, 6.07) is 14.9. The lowest BCUT2D eigenvalue weighted by Crippen LogP contribution is -2.36. The molecule has 0 unspecified atom stereocenters. The molecule has 30 heavy (non-hydrogen) atoms. The molecule has 1 fully saturated rings. The van der Waals surface area contributed by atoms with E-state index in [1.54, 1.807) is 6.20 Å². The van der Waals surface area contributed by atoms with Gasteiger partial charge in [0.2, 0.25) is 0 Å². The highest BCUT2D eigenvalue weighted by atomic mass is 16.5.